The van der Waals surface area contributed by atoms with Crippen LogP contribution in [0.5, 0.6) is 5.75 Å². The minimum atomic E-state index is 0.765. The van der Waals surface area contributed by atoms with Crippen molar-refractivity contribution < 1.29 is 9.47 Å². The number of hydrogen-bond donors (Lipinski definition) is 0. The lowest BCUT2D eigenvalue weighted by atomic mass is 10.0. The second kappa shape index (κ2) is 9.64. The number of piperazine rings is 1. The highest BCUT2D eigenvalue weighted by atomic mass is 16.5. The van der Waals surface area contributed by atoms with Crippen LogP contribution in [0.2, 0.25) is 0 Å². The van der Waals surface area contributed by atoms with Gasteiger partial charge in [-0.15, -0.1) is 0 Å². The van der Waals surface area contributed by atoms with Gasteiger partial charge in [-0.3, -0.25) is 4.90 Å². The molecule has 4 heteroatoms. The number of rotatable bonds is 8. The van der Waals surface area contributed by atoms with Gasteiger partial charge in [0.2, 0.25) is 0 Å². The molecular weight excluding hydrogens is 312 g/mol. The van der Waals surface area contributed by atoms with Gasteiger partial charge in [0.05, 0.1) is 12.9 Å². The van der Waals surface area contributed by atoms with Gasteiger partial charge in [0, 0.05) is 45.7 Å². The van der Waals surface area contributed by atoms with Crippen molar-refractivity contribution in [3.63, 3.8) is 0 Å². The minimum Gasteiger partial charge on any atom is -0.501 e. The summed E-state index contributed by atoms with van der Waals surface area (Å²) in [4.78, 5) is 5.08. The van der Waals surface area contributed by atoms with Gasteiger partial charge in [-0.2, -0.15) is 0 Å². The predicted molar refractivity (Wildman–Crippen MR) is 102 cm³/mol. The van der Waals surface area contributed by atoms with Crippen LogP contribution < -0.4 is 4.74 Å². The lowest BCUT2D eigenvalue weighted by Crippen LogP contribution is -2.47. The van der Waals surface area contributed by atoms with Crippen molar-refractivity contribution in [3.8, 4) is 5.75 Å². The Morgan fingerprint density at radius 1 is 0.960 bits per heavy atom. The standard InChI is InChI=1S/C21H30N2O2/c1-24-21-9-5-6-19(18-21)10-11-22-12-14-23(15-13-22)16-17-25-20-7-3-2-4-8-20/h2-4,6-8,18H,5,9-17H2,1H3. The smallest absolute Gasteiger partial charge is 0.119 e. The van der Waals surface area contributed by atoms with Gasteiger partial charge >= 0.3 is 0 Å². The molecule has 1 aliphatic heterocycles. The molecule has 1 saturated heterocycles. The van der Waals surface area contributed by atoms with Crippen molar-refractivity contribution in [3.05, 3.63) is 53.8 Å². The molecule has 1 fully saturated rings. The third-order valence-electron chi connectivity index (χ3n) is 5.01. The van der Waals surface area contributed by atoms with Crippen LogP contribution >= 0.6 is 0 Å². The van der Waals surface area contributed by atoms with E-state index >= 15 is 0 Å². The van der Waals surface area contributed by atoms with Crippen LogP contribution in [-0.4, -0.2) is 62.8 Å². The number of ether oxygens (including phenoxy) is 2. The zero-order valence-corrected chi connectivity index (χ0v) is 15.3. The fourth-order valence-corrected chi connectivity index (χ4v) is 3.41. The molecule has 0 unspecified atom stereocenters. The Morgan fingerprint density at radius 2 is 1.68 bits per heavy atom. The number of nitrogens with zero attached hydrogens (tertiary/aromatic N) is 2. The Balaban J connectivity index is 1.31. The third kappa shape index (κ3) is 5.91. The summed E-state index contributed by atoms with van der Waals surface area (Å²) in [5.41, 5.74) is 1.43. The number of methoxy groups -OCH3 is 1. The lowest BCUT2D eigenvalue weighted by molar-refractivity contribution is 0.118. The van der Waals surface area contributed by atoms with E-state index in [9.17, 15) is 0 Å². The number of allylic oxidation sites excluding steroid dienone is 3. The van der Waals surface area contributed by atoms with E-state index in [0.717, 1.165) is 76.6 Å². The van der Waals surface area contributed by atoms with Crippen molar-refractivity contribution >= 4 is 0 Å². The summed E-state index contributed by atoms with van der Waals surface area (Å²) in [5.74, 6) is 2.09. The zero-order chi connectivity index (χ0) is 17.3. The Bertz CT molecular complexity index is 575. The van der Waals surface area contributed by atoms with E-state index < -0.39 is 0 Å². The van der Waals surface area contributed by atoms with Crippen LogP contribution in [0.25, 0.3) is 0 Å². The Labute approximate surface area is 151 Å². The summed E-state index contributed by atoms with van der Waals surface area (Å²) in [6.45, 7) is 7.49. The zero-order valence-electron chi connectivity index (χ0n) is 15.3. The van der Waals surface area contributed by atoms with Gasteiger partial charge in [-0.1, -0.05) is 24.3 Å². The molecule has 0 saturated carbocycles. The summed E-state index contributed by atoms with van der Waals surface area (Å²) in [6, 6.07) is 10.1. The minimum absolute atomic E-state index is 0.765. The van der Waals surface area contributed by atoms with Gasteiger partial charge in [0.1, 0.15) is 12.4 Å². The van der Waals surface area contributed by atoms with E-state index in [0.29, 0.717) is 0 Å². The van der Waals surface area contributed by atoms with Crippen LogP contribution in [0, 0.1) is 0 Å². The molecule has 0 bridgehead atoms. The SMILES string of the molecule is COC1=CC(CCN2CCN(CCOc3ccccc3)CC2)=CCC1. The molecule has 0 spiro atoms. The molecule has 0 N–H and O–H groups in total. The monoisotopic (exact) mass is 342 g/mol. The van der Waals surface area contributed by atoms with Gasteiger partial charge < -0.3 is 14.4 Å². The average Bonchev–Trinajstić information content (AvgIpc) is 2.68. The second-order valence-corrected chi connectivity index (χ2v) is 6.73. The molecule has 3 rings (SSSR count). The number of benzene rings is 1. The molecular formula is C21H30N2O2. The highest BCUT2D eigenvalue weighted by molar-refractivity contribution is 5.25. The molecule has 1 aliphatic carbocycles. The fourth-order valence-electron chi connectivity index (χ4n) is 3.41. The summed E-state index contributed by atoms with van der Waals surface area (Å²) < 4.78 is 11.2. The Kier molecular flexibility index (Phi) is 6.95. The van der Waals surface area contributed by atoms with Gasteiger partial charge in [-0.05, 0) is 36.6 Å². The van der Waals surface area contributed by atoms with E-state index in [1.165, 1.54) is 5.57 Å². The summed E-state index contributed by atoms with van der Waals surface area (Å²) in [7, 11) is 1.77. The summed E-state index contributed by atoms with van der Waals surface area (Å²) in [5, 5.41) is 0. The first-order valence-corrected chi connectivity index (χ1v) is 9.39. The quantitative estimate of drug-likeness (QED) is 0.723. The molecule has 0 atom stereocenters. The topological polar surface area (TPSA) is 24.9 Å². The van der Waals surface area contributed by atoms with Crippen LogP contribution in [0.1, 0.15) is 19.3 Å². The molecule has 0 radical (unpaired) electrons. The maximum atomic E-state index is 5.80. The van der Waals surface area contributed by atoms with Gasteiger partial charge in [0.25, 0.3) is 0 Å². The van der Waals surface area contributed by atoms with E-state index in [1.807, 2.05) is 30.3 Å². The Morgan fingerprint density at radius 3 is 2.40 bits per heavy atom. The first-order valence-electron chi connectivity index (χ1n) is 9.39. The van der Waals surface area contributed by atoms with Crippen molar-refractivity contribution in [1.29, 1.82) is 0 Å². The van der Waals surface area contributed by atoms with E-state index in [1.54, 1.807) is 7.11 Å². The molecule has 0 aromatic heterocycles. The van der Waals surface area contributed by atoms with Gasteiger partial charge in [-0.25, -0.2) is 0 Å². The lowest BCUT2D eigenvalue weighted by Gasteiger charge is -2.34. The van der Waals surface area contributed by atoms with E-state index in [2.05, 4.69) is 22.0 Å². The first kappa shape index (κ1) is 18.0. The van der Waals surface area contributed by atoms with Crippen molar-refractivity contribution in [2.75, 3.05) is 53.0 Å². The summed E-state index contributed by atoms with van der Waals surface area (Å²) >= 11 is 0. The molecule has 1 aromatic rings. The first-order chi connectivity index (χ1) is 12.3. The predicted octanol–water partition coefficient (Wildman–Crippen LogP) is 3.32. The molecule has 1 heterocycles. The fraction of sp³-hybridized carbons (Fsp3) is 0.524. The average molecular weight is 342 g/mol. The molecule has 2 aliphatic rings. The molecule has 25 heavy (non-hydrogen) atoms. The number of para-hydroxylation sites is 1. The Hall–Kier alpha value is -1.78. The highest BCUT2D eigenvalue weighted by Crippen LogP contribution is 2.20. The second-order valence-electron chi connectivity index (χ2n) is 6.73. The summed E-state index contributed by atoms with van der Waals surface area (Å²) in [6.07, 6.45) is 7.87. The van der Waals surface area contributed by atoms with Crippen molar-refractivity contribution in [2.24, 2.45) is 0 Å². The third-order valence-corrected chi connectivity index (χ3v) is 5.01. The van der Waals surface area contributed by atoms with Gasteiger partial charge in [0.15, 0.2) is 0 Å². The molecule has 136 valence electrons. The van der Waals surface area contributed by atoms with Crippen molar-refractivity contribution in [2.45, 2.75) is 19.3 Å². The van der Waals surface area contributed by atoms with Crippen LogP contribution in [0.15, 0.2) is 53.8 Å². The van der Waals surface area contributed by atoms with E-state index in [4.69, 9.17) is 9.47 Å². The molecule has 1 aromatic carbocycles. The van der Waals surface area contributed by atoms with Crippen LogP contribution in [0.4, 0.5) is 0 Å². The largest absolute Gasteiger partial charge is 0.501 e. The van der Waals surface area contributed by atoms with E-state index in [-0.39, 0.29) is 0 Å². The molecule has 4 nitrogen and oxygen atoms in total. The normalized spacial score (nSPS) is 19.2. The maximum absolute atomic E-state index is 5.80. The maximum Gasteiger partial charge on any atom is 0.119 e. The molecule has 0 amide bonds. The van der Waals surface area contributed by atoms with Crippen LogP contribution in [-0.2, 0) is 4.74 Å². The van der Waals surface area contributed by atoms with Crippen LogP contribution in [0.3, 0.4) is 0 Å². The number of hydrogen-bond acceptors (Lipinski definition) is 4. The highest BCUT2D eigenvalue weighted by Gasteiger charge is 2.17. The van der Waals surface area contributed by atoms with Crippen molar-refractivity contribution in [1.82, 2.24) is 9.80 Å².